The number of hydrogen-bond acceptors (Lipinski definition) is 3. The van der Waals surface area contributed by atoms with Gasteiger partial charge in [0.25, 0.3) is 0 Å². The van der Waals surface area contributed by atoms with Gasteiger partial charge in [-0.2, -0.15) is 0 Å². The maximum Gasteiger partial charge on any atom is 0.120 e. The van der Waals surface area contributed by atoms with Crippen LogP contribution in [0.1, 0.15) is 25.0 Å². The Morgan fingerprint density at radius 2 is 1.52 bits per heavy atom. The molecule has 0 amide bonds. The second kappa shape index (κ2) is 15.1. The molecule has 6 heteroatoms. The molecular formula is C44H41IrN3OSi-2. The molecule has 5 aromatic carbocycles. The van der Waals surface area contributed by atoms with Crippen LogP contribution in [-0.2, 0) is 33.1 Å². The SMILES string of the molecule is CC(C)Cc1cc(-c2[c-]cccc2)ncc1[Si](C)(C)C.[Ir].[c-]1ccc2c(oc3ccccc32)c1-c1nc2ccccc2n1Cc1ccccc1. The Kier molecular flexibility index (Phi) is 10.6. The first-order valence-electron chi connectivity index (χ1n) is 17.0. The van der Waals surface area contributed by atoms with E-state index in [2.05, 4.69) is 128 Å². The summed E-state index contributed by atoms with van der Waals surface area (Å²) in [6.07, 6.45) is 3.24. The predicted octanol–water partition coefficient (Wildman–Crippen LogP) is 10.7. The van der Waals surface area contributed by atoms with Crippen LogP contribution in [0.15, 0.2) is 132 Å². The number of aromatic nitrogens is 3. The fraction of sp³-hybridized carbons (Fsp3) is 0.182. The number of pyridine rings is 1. The molecule has 8 rings (SSSR count). The quantitative estimate of drug-likeness (QED) is 0.119. The molecule has 8 aromatic rings. The van der Waals surface area contributed by atoms with Crippen molar-refractivity contribution in [3.05, 3.63) is 151 Å². The second-order valence-corrected chi connectivity index (χ2v) is 19.1. The standard InChI is InChI=1S/C26H17N2O.C18H24NSi.Ir/c1-2-9-18(10-3-1)17-28-23-15-6-5-14-22(23)27-26(28)21-13-8-12-20-19-11-4-7-16-24(19)29-25(20)21;1-14(2)11-16-12-17(15-9-7-6-8-10-15)19-13-18(16)20(3,4)5;/h1-12,14-16H,17H2;6-9,12-14H,11H2,1-5H3;/q2*-1;. The molecule has 0 N–H and O–H groups in total. The van der Waals surface area contributed by atoms with Crippen LogP contribution in [0.5, 0.6) is 0 Å². The molecular weight excluding hydrogens is 807 g/mol. The first-order chi connectivity index (χ1) is 23.8. The fourth-order valence-corrected chi connectivity index (χ4v) is 8.12. The first-order valence-corrected chi connectivity index (χ1v) is 20.5. The van der Waals surface area contributed by atoms with Gasteiger partial charge in [0.1, 0.15) is 5.58 Å². The Hall–Kier alpha value is -4.61. The minimum Gasteiger partial charge on any atom is -0.501 e. The summed E-state index contributed by atoms with van der Waals surface area (Å²) in [7, 11) is -1.34. The predicted molar refractivity (Wildman–Crippen MR) is 207 cm³/mol. The van der Waals surface area contributed by atoms with Crippen molar-refractivity contribution in [1.29, 1.82) is 0 Å². The van der Waals surface area contributed by atoms with Gasteiger partial charge in [0.15, 0.2) is 0 Å². The zero-order chi connectivity index (χ0) is 34.0. The second-order valence-electron chi connectivity index (χ2n) is 14.0. The first kappa shape index (κ1) is 35.2. The monoisotopic (exact) mass is 848 g/mol. The van der Waals surface area contributed by atoms with E-state index in [9.17, 15) is 0 Å². The minimum atomic E-state index is -1.34. The van der Waals surface area contributed by atoms with Gasteiger partial charge in [0.05, 0.1) is 30.5 Å². The number of para-hydroxylation sites is 3. The number of fused-ring (bicyclic) bond motifs is 4. The topological polar surface area (TPSA) is 43.9 Å². The Morgan fingerprint density at radius 1 is 0.780 bits per heavy atom. The molecule has 0 aliphatic rings. The molecule has 0 atom stereocenters. The molecule has 50 heavy (non-hydrogen) atoms. The molecule has 0 spiro atoms. The van der Waals surface area contributed by atoms with Crippen molar-refractivity contribution in [3.63, 3.8) is 0 Å². The summed E-state index contributed by atoms with van der Waals surface area (Å²) >= 11 is 0. The smallest absolute Gasteiger partial charge is 0.120 e. The van der Waals surface area contributed by atoms with Gasteiger partial charge in [0.2, 0.25) is 0 Å². The van der Waals surface area contributed by atoms with E-state index in [0.717, 1.165) is 68.6 Å². The van der Waals surface area contributed by atoms with Gasteiger partial charge in [-0.25, -0.2) is 0 Å². The third kappa shape index (κ3) is 7.44. The molecule has 0 saturated heterocycles. The Balaban J connectivity index is 0.000000182. The Bertz CT molecular complexity index is 2360. The molecule has 3 heterocycles. The van der Waals surface area contributed by atoms with Crippen LogP contribution in [0.2, 0.25) is 19.6 Å². The van der Waals surface area contributed by atoms with Gasteiger partial charge in [-0.15, -0.1) is 54.1 Å². The summed E-state index contributed by atoms with van der Waals surface area (Å²) in [4.78, 5) is 9.66. The van der Waals surface area contributed by atoms with E-state index in [4.69, 9.17) is 9.40 Å². The minimum absolute atomic E-state index is 0. The molecule has 3 aromatic heterocycles. The van der Waals surface area contributed by atoms with Gasteiger partial charge in [-0.1, -0.05) is 117 Å². The number of nitrogens with zero attached hydrogens (tertiary/aromatic N) is 3. The van der Waals surface area contributed by atoms with E-state index in [1.807, 2.05) is 54.6 Å². The molecule has 1 radical (unpaired) electrons. The summed E-state index contributed by atoms with van der Waals surface area (Å²) in [6.45, 7) is 12.5. The van der Waals surface area contributed by atoms with E-state index >= 15 is 0 Å². The number of imidazole rings is 1. The van der Waals surface area contributed by atoms with E-state index < -0.39 is 8.07 Å². The Labute approximate surface area is 309 Å². The number of benzene rings is 5. The Morgan fingerprint density at radius 3 is 2.28 bits per heavy atom. The molecule has 0 bridgehead atoms. The summed E-state index contributed by atoms with van der Waals surface area (Å²) in [5.41, 5.74) is 9.52. The summed E-state index contributed by atoms with van der Waals surface area (Å²) in [5, 5.41) is 3.70. The van der Waals surface area contributed by atoms with Crippen molar-refractivity contribution in [2.24, 2.45) is 5.92 Å². The van der Waals surface area contributed by atoms with Crippen LogP contribution < -0.4 is 5.19 Å². The van der Waals surface area contributed by atoms with Crippen LogP contribution in [0, 0.1) is 18.1 Å². The van der Waals surface area contributed by atoms with Crippen molar-refractivity contribution < 1.29 is 24.5 Å². The van der Waals surface area contributed by atoms with Gasteiger partial charge in [-0.3, -0.25) is 4.98 Å². The van der Waals surface area contributed by atoms with Gasteiger partial charge < -0.3 is 14.0 Å². The van der Waals surface area contributed by atoms with E-state index in [0.29, 0.717) is 5.92 Å². The zero-order valence-corrected chi connectivity index (χ0v) is 32.6. The molecule has 253 valence electrons. The maximum absolute atomic E-state index is 6.25. The molecule has 0 unspecified atom stereocenters. The molecule has 0 aliphatic heterocycles. The average molecular weight is 848 g/mol. The third-order valence-electron chi connectivity index (χ3n) is 8.81. The van der Waals surface area contributed by atoms with Gasteiger partial charge in [-0.05, 0) is 47.0 Å². The maximum atomic E-state index is 6.25. The molecule has 0 aliphatic carbocycles. The normalized spacial score (nSPS) is 11.5. The van der Waals surface area contributed by atoms with Crippen molar-refractivity contribution in [2.45, 2.75) is 46.5 Å². The molecule has 0 saturated carbocycles. The van der Waals surface area contributed by atoms with Crippen LogP contribution >= 0.6 is 0 Å². The fourth-order valence-electron chi connectivity index (χ4n) is 6.53. The summed E-state index contributed by atoms with van der Waals surface area (Å²) < 4.78 is 8.51. The van der Waals surface area contributed by atoms with Crippen LogP contribution in [0.4, 0.5) is 0 Å². The van der Waals surface area contributed by atoms with E-state index in [1.54, 1.807) is 0 Å². The van der Waals surface area contributed by atoms with Crippen LogP contribution in [0.3, 0.4) is 0 Å². The van der Waals surface area contributed by atoms with Crippen LogP contribution in [0.25, 0.3) is 55.6 Å². The van der Waals surface area contributed by atoms with Crippen LogP contribution in [-0.4, -0.2) is 22.6 Å². The molecule has 0 fully saturated rings. The van der Waals surface area contributed by atoms with Crippen molar-refractivity contribution >= 4 is 46.2 Å². The van der Waals surface area contributed by atoms with Crippen molar-refractivity contribution in [2.75, 3.05) is 0 Å². The van der Waals surface area contributed by atoms with Crippen molar-refractivity contribution in [3.8, 4) is 22.6 Å². The van der Waals surface area contributed by atoms with E-state index in [1.165, 1.54) is 16.3 Å². The number of hydrogen-bond donors (Lipinski definition) is 0. The largest absolute Gasteiger partial charge is 0.501 e. The number of rotatable bonds is 7. The molecule has 4 nitrogen and oxygen atoms in total. The average Bonchev–Trinajstić information content (AvgIpc) is 3.67. The third-order valence-corrected chi connectivity index (χ3v) is 10.9. The van der Waals surface area contributed by atoms with E-state index in [-0.39, 0.29) is 20.1 Å². The van der Waals surface area contributed by atoms with Gasteiger partial charge >= 0.3 is 0 Å². The number of furan rings is 1. The van der Waals surface area contributed by atoms with Crippen molar-refractivity contribution in [1.82, 2.24) is 14.5 Å². The van der Waals surface area contributed by atoms with Gasteiger partial charge in [0, 0.05) is 38.2 Å². The summed E-state index contributed by atoms with van der Waals surface area (Å²) in [6, 6.07) is 47.9. The summed E-state index contributed by atoms with van der Waals surface area (Å²) in [5.74, 6) is 1.54. The zero-order valence-electron chi connectivity index (χ0n) is 29.2.